The molecule has 0 spiro atoms. The lowest BCUT2D eigenvalue weighted by Gasteiger charge is -2.10. The van der Waals surface area contributed by atoms with Gasteiger partial charge in [0.05, 0.1) is 11.6 Å². The maximum Gasteiger partial charge on any atom is 0.165 e. The highest BCUT2D eigenvalue weighted by Crippen LogP contribution is 2.24. The standard InChI is InChI=1S/C14H13ClFNO/c1-10-4-2-6-12(17-10)9-18-14-11(8-15)5-3-7-13(14)16/h2-7H,8-9H2,1H3. The molecule has 94 valence electrons. The fourth-order valence-electron chi connectivity index (χ4n) is 1.65. The van der Waals surface area contributed by atoms with Crippen molar-refractivity contribution in [3.05, 3.63) is 59.2 Å². The minimum absolute atomic E-state index is 0.204. The molecule has 0 amide bonds. The van der Waals surface area contributed by atoms with Gasteiger partial charge in [-0.25, -0.2) is 4.39 Å². The third-order valence-corrected chi connectivity index (χ3v) is 2.79. The highest BCUT2D eigenvalue weighted by atomic mass is 35.5. The summed E-state index contributed by atoms with van der Waals surface area (Å²) in [6.07, 6.45) is 0. The van der Waals surface area contributed by atoms with Gasteiger partial charge in [0.1, 0.15) is 6.61 Å². The van der Waals surface area contributed by atoms with Gasteiger partial charge in [-0.05, 0) is 25.1 Å². The van der Waals surface area contributed by atoms with Crippen LogP contribution in [0.1, 0.15) is 17.0 Å². The van der Waals surface area contributed by atoms with Crippen molar-refractivity contribution in [3.63, 3.8) is 0 Å². The molecular weight excluding hydrogens is 253 g/mol. The second-order valence-electron chi connectivity index (χ2n) is 3.92. The molecule has 0 atom stereocenters. The van der Waals surface area contributed by atoms with Gasteiger partial charge in [0, 0.05) is 11.3 Å². The predicted octanol–water partition coefficient (Wildman–Crippen LogP) is 3.85. The molecule has 0 saturated heterocycles. The molecule has 0 aliphatic heterocycles. The van der Waals surface area contributed by atoms with Crippen molar-refractivity contribution in [2.75, 3.05) is 0 Å². The fraction of sp³-hybridized carbons (Fsp3) is 0.214. The van der Waals surface area contributed by atoms with Crippen LogP contribution in [0.5, 0.6) is 5.75 Å². The van der Waals surface area contributed by atoms with Crippen molar-refractivity contribution in [2.45, 2.75) is 19.4 Å². The number of ether oxygens (including phenoxy) is 1. The number of nitrogens with zero attached hydrogens (tertiary/aromatic N) is 1. The minimum Gasteiger partial charge on any atom is -0.484 e. The van der Waals surface area contributed by atoms with Crippen molar-refractivity contribution < 1.29 is 9.13 Å². The van der Waals surface area contributed by atoms with Crippen LogP contribution in [0.2, 0.25) is 0 Å². The molecule has 1 aromatic heterocycles. The van der Waals surface area contributed by atoms with Crippen LogP contribution >= 0.6 is 11.6 Å². The predicted molar refractivity (Wildman–Crippen MR) is 69.3 cm³/mol. The van der Waals surface area contributed by atoms with Crippen LogP contribution in [0, 0.1) is 12.7 Å². The highest BCUT2D eigenvalue weighted by Gasteiger charge is 2.09. The number of pyridine rings is 1. The smallest absolute Gasteiger partial charge is 0.165 e. The zero-order valence-corrected chi connectivity index (χ0v) is 10.7. The Morgan fingerprint density at radius 1 is 1.22 bits per heavy atom. The van der Waals surface area contributed by atoms with Gasteiger partial charge in [-0.1, -0.05) is 18.2 Å². The lowest BCUT2D eigenvalue weighted by molar-refractivity contribution is 0.283. The normalized spacial score (nSPS) is 10.4. The largest absolute Gasteiger partial charge is 0.484 e. The lowest BCUT2D eigenvalue weighted by Crippen LogP contribution is -2.02. The maximum absolute atomic E-state index is 13.6. The molecule has 0 unspecified atom stereocenters. The van der Waals surface area contributed by atoms with Gasteiger partial charge in [-0.15, -0.1) is 11.6 Å². The quantitative estimate of drug-likeness (QED) is 0.784. The summed E-state index contributed by atoms with van der Waals surface area (Å²) >= 11 is 5.75. The van der Waals surface area contributed by atoms with Crippen LogP contribution in [-0.4, -0.2) is 4.98 Å². The summed E-state index contributed by atoms with van der Waals surface area (Å²) in [5, 5.41) is 0. The molecule has 1 heterocycles. The summed E-state index contributed by atoms with van der Waals surface area (Å²) in [5.41, 5.74) is 2.31. The summed E-state index contributed by atoms with van der Waals surface area (Å²) in [7, 11) is 0. The Labute approximate surface area is 110 Å². The Balaban J connectivity index is 2.15. The minimum atomic E-state index is -0.402. The number of para-hydroxylation sites is 1. The number of aromatic nitrogens is 1. The first-order valence-electron chi connectivity index (χ1n) is 5.59. The number of alkyl halides is 1. The Morgan fingerprint density at radius 3 is 2.72 bits per heavy atom. The number of rotatable bonds is 4. The lowest BCUT2D eigenvalue weighted by atomic mass is 10.2. The van der Waals surface area contributed by atoms with Gasteiger partial charge in [0.15, 0.2) is 11.6 Å². The molecule has 2 nitrogen and oxygen atoms in total. The van der Waals surface area contributed by atoms with E-state index < -0.39 is 5.82 Å². The molecular formula is C14H13ClFNO. The number of aryl methyl sites for hydroxylation is 1. The van der Waals surface area contributed by atoms with Crippen molar-refractivity contribution in [1.29, 1.82) is 0 Å². The summed E-state index contributed by atoms with van der Waals surface area (Å²) in [4.78, 5) is 4.29. The zero-order chi connectivity index (χ0) is 13.0. The van der Waals surface area contributed by atoms with Gasteiger partial charge in [-0.3, -0.25) is 4.98 Å². The number of benzene rings is 1. The van der Waals surface area contributed by atoms with Gasteiger partial charge >= 0.3 is 0 Å². The summed E-state index contributed by atoms with van der Waals surface area (Å²) in [6.45, 7) is 2.13. The number of hydrogen-bond donors (Lipinski definition) is 0. The van der Waals surface area contributed by atoms with E-state index in [2.05, 4.69) is 4.98 Å². The van der Waals surface area contributed by atoms with E-state index in [1.807, 2.05) is 25.1 Å². The van der Waals surface area contributed by atoms with Crippen molar-refractivity contribution >= 4 is 11.6 Å². The zero-order valence-electron chi connectivity index (χ0n) is 9.99. The summed E-state index contributed by atoms with van der Waals surface area (Å²) in [5.74, 6) is 0.0190. The average molecular weight is 266 g/mol. The molecule has 0 N–H and O–H groups in total. The van der Waals surface area contributed by atoms with Gasteiger partial charge in [-0.2, -0.15) is 0 Å². The van der Waals surface area contributed by atoms with Gasteiger partial charge in [0.2, 0.25) is 0 Å². The molecule has 2 aromatic rings. The molecule has 0 saturated carbocycles. The monoisotopic (exact) mass is 265 g/mol. The maximum atomic E-state index is 13.6. The van der Waals surface area contributed by atoms with Gasteiger partial charge in [0.25, 0.3) is 0 Å². The van der Waals surface area contributed by atoms with E-state index in [1.165, 1.54) is 6.07 Å². The van der Waals surface area contributed by atoms with E-state index in [0.717, 1.165) is 11.4 Å². The number of halogens is 2. The van der Waals surface area contributed by atoms with Crippen LogP contribution in [0.15, 0.2) is 36.4 Å². The van der Waals surface area contributed by atoms with E-state index in [-0.39, 0.29) is 18.2 Å². The van der Waals surface area contributed by atoms with Crippen molar-refractivity contribution in [2.24, 2.45) is 0 Å². The first-order valence-corrected chi connectivity index (χ1v) is 6.13. The molecule has 4 heteroatoms. The van der Waals surface area contributed by atoms with E-state index in [0.29, 0.717) is 5.56 Å². The second-order valence-corrected chi connectivity index (χ2v) is 4.19. The van der Waals surface area contributed by atoms with E-state index >= 15 is 0 Å². The average Bonchev–Trinajstić information content (AvgIpc) is 2.37. The third-order valence-electron chi connectivity index (χ3n) is 2.50. The molecule has 18 heavy (non-hydrogen) atoms. The van der Waals surface area contributed by atoms with E-state index in [9.17, 15) is 4.39 Å². The first-order chi connectivity index (χ1) is 8.70. The summed E-state index contributed by atoms with van der Waals surface area (Å²) < 4.78 is 19.1. The number of hydrogen-bond acceptors (Lipinski definition) is 2. The Morgan fingerprint density at radius 2 is 2.00 bits per heavy atom. The van der Waals surface area contributed by atoms with Crippen molar-refractivity contribution in [1.82, 2.24) is 4.98 Å². The van der Waals surface area contributed by atoms with E-state index in [1.54, 1.807) is 12.1 Å². The van der Waals surface area contributed by atoms with Crippen LogP contribution in [0.4, 0.5) is 4.39 Å². The molecule has 0 aliphatic rings. The fourth-order valence-corrected chi connectivity index (χ4v) is 1.86. The molecule has 0 bridgehead atoms. The topological polar surface area (TPSA) is 22.1 Å². The summed E-state index contributed by atoms with van der Waals surface area (Å²) in [6, 6.07) is 10.4. The molecule has 0 radical (unpaired) electrons. The molecule has 0 aliphatic carbocycles. The molecule has 0 fully saturated rings. The SMILES string of the molecule is Cc1cccc(COc2c(F)cccc2CCl)n1. The highest BCUT2D eigenvalue weighted by molar-refractivity contribution is 6.17. The van der Waals surface area contributed by atoms with Crippen molar-refractivity contribution in [3.8, 4) is 5.75 Å². The first kappa shape index (κ1) is 12.8. The van der Waals surface area contributed by atoms with Crippen LogP contribution in [-0.2, 0) is 12.5 Å². The third kappa shape index (κ3) is 2.99. The Bertz CT molecular complexity index is 545. The van der Waals surface area contributed by atoms with Crippen LogP contribution in [0.3, 0.4) is 0 Å². The van der Waals surface area contributed by atoms with Crippen LogP contribution < -0.4 is 4.74 Å². The second kappa shape index (κ2) is 5.83. The van der Waals surface area contributed by atoms with Gasteiger partial charge < -0.3 is 4.74 Å². The molecule has 1 aromatic carbocycles. The van der Waals surface area contributed by atoms with Crippen LogP contribution in [0.25, 0.3) is 0 Å². The Hall–Kier alpha value is -1.61. The van der Waals surface area contributed by atoms with E-state index in [4.69, 9.17) is 16.3 Å². The molecule has 2 rings (SSSR count). The Kier molecular flexibility index (Phi) is 4.15.